The summed E-state index contributed by atoms with van der Waals surface area (Å²) < 4.78 is 29.2. The third kappa shape index (κ3) is 2.56. The first-order valence-corrected chi connectivity index (χ1v) is 8.63. The first-order valence-electron chi connectivity index (χ1n) is 7.08. The largest absolute Gasteiger partial charge is 0.273 e. The highest BCUT2D eigenvalue weighted by atomic mass is 32.2. The molecule has 0 spiro atoms. The number of nitrogens with one attached hydrogen (secondary N) is 1. The molecule has 19 heavy (non-hydrogen) atoms. The van der Waals surface area contributed by atoms with Gasteiger partial charge in [-0.25, -0.2) is 13.1 Å². The highest BCUT2D eigenvalue weighted by Crippen LogP contribution is 2.47. The summed E-state index contributed by atoms with van der Waals surface area (Å²) >= 11 is 0. The summed E-state index contributed by atoms with van der Waals surface area (Å²) in [6, 6.07) is 0. The Labute approximate surface area is 114 Å². The van der Waals surface area contributed by atoms with Crippen LogP contribution < -0.4 is 4.72 Å². The van der Waals surface area contributed by atoms with E-state index in [4.69, 9.17) is 0 Å². The van der Waals surface area contributed by atoms with Crippen LogP contribution in [-0.4, -0.2) is 23.4 Å². The van der Waals surface area contributed by atoms with Crippen molar-refractivity contribution in [3.05, 3.63) is 18.0 Å². The van der Waals surface area contributed by atoms with Crippen LogP contribution in [0.3, 0.4) is 0 Å². The Morgan fingerprint density at radius 1 is 1.42 bits per heavy atom. The minimum Gasteiger partial charge on any atom is -0.273 e. The minimum absolute atomic E-state index is 0.160. The Balaban J connectivity index is 1.62. The maximum Gasteiger partial charge on any atom is 0.215 e. The van der Waals surface area contributed by atoms with Crippen LogP contribution in [0.5, 0.6) is 0 Å². The molecule has 2 bridgehead atoms. The van der Waals surface area contributed by atoms with Crippen molar-refractivity contribution in [3.8, 4) is 0 Å². The van der Waals surface area contributed by atoms with Gasteiger partial charge in [-0.2, -0.15) is 5.10 Å². The van der Waals surface area contributed by atoms with Gasteiger partial charge in [0.2, 0.25) is 10.0 Å². The first-order chi connectivity index (χ1) is 9.08. The maximum absolute atomic E-state index is 12.3. The Hall–Kier alpha value is -0.880. The summed E-state index contributed by atoms with van der Waals surface area (Å²) in [6.45, 7) is 3.17. The standard InChI is InChI=1S/C13H21N3O2S/c1-2-16-9-11(7-14-16)8-15-19(17,18)13-6-10-3-4-12(13)5-10/h7,9-10,12-13,15H,2-6,8H2,1H3/t10-,12+,13?/m1/s1. The van der Waals surface area contributed by atoms with Crippen LogP contribution in [0, 0.1) is 11.8 Å². The third-order valence-corrected chi connectivity index (χ3v) is 6.48. The highest BCUT2D eigenvalue weighted by molar-refractivity contribution is 7.90. The van der Waals surface area contributed by atoms with Crippen LogP contribution in [0.1, 0.15) is 38.2 Å². The lowest BCUT2D eigenvalue weighted by molar-refractivity contribution is 0.459. The Morgan fingerprint density at radius 2 is 2.26 bits per heavy atom. The van der Waals surface area contributed by atoms with Crippen molar-refractivity contribution >= 4 is 10.0 Å². The van der Waals surface area contributed by atoms with Crippen molar-refractivity contribution in [3.63, 3.8) is 0 Å². The second-order valence-electron chi connectivity index (χ2n) is 5.78. The molecule has 1 unspecified atom stereocenters. The van der Waals surface area contributed by atoms with Gasteiger partial charge in [0.05, 0.1) is 11.4 Å². The summed E-state index contributed by atoms with van der Waals surface area (Å²) in [6.07, 6.45) is 7.90. The van der Waals surface area contributed by atoms with E-state index in [1.54, 1.807) is 10.9 Å². The quantitative estimate of drug-likeness (QED) is 0.891. The van der Waals surface area contributed by atoms with Gasteiger partial charge >= 0.3 is 0 Å². The smallest absolute Gasteiger partial charge is 0.215 e. The molecule has 6 heteroatoms. The zero-order valence-electron chi connectivity index (χ0n) is 11.2. The molecule has 3 atom stereocenters. The van der Waals surface area contributed by atoms with Crippen LogP contribution in [0.15, 0.2) is 12.4 Å². The molecule has 3 rings (SSSR count). The molecule has 0 radical (unpaired) electrons. The normalized spacial score (nSPS) is 30.1. The van der Waals surface area contributed by atoms with E-state index in [0.717, 1.165) is 31.4 Å². The summed E-state index contributed by atoms with van der Waals surface area (Å²) in [5.41, 5.74) is 0.925. The molecule has 2 aliphatic rings. The predicted octanol–water partition coefficient (Wildman–Crippen LogP) is 1.51. The molecule has 1 aromatic heterocycles. The van der Waals surface area contributed by atoms with E-state index < -0.39 is 10.0 Å². The van der Waals surface area contributed by atoms with Crippen molar-refractivity contribution in [1.29, 1.82) is 0 Å². The molecule has 106 valence electrons. The molecule has 1 heterocycles. The molecule has 2 saturated carbocycles. The summed E-state index contributed by atoms with van der Waals surface area (Å²) in [4.78, 5) is 0. The van der Waals surface area contributed by atoms with Crippen LogP contribution in [0.4, 0.5) is 0 Å². The van der Waals surface area contributed by atoms with Crippen molar-refractivity contribution in [2.45, 2.75) is 50.9 Å². The molecular formula is C13H21N3O2S. The second kappa shape index (κ2) is 4.90. The van der Waals surface area contributed by atoms with Crippen molar-refractivity contribution in [2.24, 2.45) is 11.8 Å². The van der Waals surface area contributed by atoms with E-state index in [0.29, 0.717) is 18.4 Å². The lowest BCUT2D eigenvalue weighted by Crippen LogP contribution is -2.37. The van der Waals surface area contributed by atoms with Crippen molar-refractivity contribution in [1.82, 2.24) is 14.5 Å². The lowest BCUT2D eigenvalue weighted by atomic mass is 10.0. The number of aryl methyl sites for hydroxylation is 1. The van der Waals surface area contributed by atoms with Gasteiger partial charge in [0, 0.05) is 24.8 Å². The van der Waals surface area contributed by atoms with Gasteiger partial charge < -0.3 is 0 Å². The van der Waals surface area contributed by atoms with Gasteiger partial charge in [-0.3, -0.25) is 4.68 Å². The molecule has 0 aliphatic heterocycles. The fraction of sp³-hybridized carbons (Fsp3) is 0.769. The number of rotatable bonds is 5. The topological polar surface area (TPSA) is 64.0 Å². The van der Waals surface area contributed by atoms with Gasteiger partial charge in [0.25, 0.3) is 0 Å². The van der Waals surface area contributed by atoms with Crippen LogP contribution in [0.25, 0.3) is 0 Å². The summed E-state index contributed by atoms with van der Waals surface area (Å²) in [5.74, 6) is 1.04. The average Bonchev–Trinajstić information content (AvgIpc) is 3.12. The SMILES string of the molecule is CCn1cc(CNS(=O)(=O)C2C[C@@H]3CC[C@H]2C3)cn1. The van der Waals surface area contributed by atoms with Crippen molar-refractivity contribution < 1.29 is 8.42 Å². The average molecular weight is 283 g/mol. The molecule has 1 N–H and O–H groups in total. The molecular weight excluding hydrogens is 262 g/mol. The predicted molar refractivity (Wildman–Crippen MR) is 72.9 cm³/mol. The van der Waals surface area contributed by atoms with Crippen molar-refractivity contribution in [2.75, 3.05) is 0 Å². The fourth-order valence-corrected chi connectivity index (χ4v) is 5.39. The van der Waals surface area contributed by atoms with Gasteiger partial charge in [0.15, 0.2) is 0 Å². The number of hydrogen-bond donors (Lipinski definition) is 1. The monoisotopic (exact) mass is 283 g/mol. The van der Waals surface area contributed by atoms with Crippen LogP contribution in [-0.2, 0) is 23.1 Å². The number of nitrogens with zero attached hydrogens (tertiary/aromatic N) is 2. The van der Waals surface area contributed by atoms with E-state index in [-0.39, 0.29) is 5.25 Å². The first kappa shape index (κ1) is 13.1. The van der Waals surface area contributed by atoms with E-state index >= 15 is 0 Å². The molecule has 2 fully saturated rings. The highest BCUT2D eigenvalue weighted by Gasteiger charge is 2.45. The van der Waals surface area contributed by atoms with Gasteiger partial charge in [0.1, 0.15) is 0 Å². The molecule has 1 aromatic rings. The van der Waals surface area contributed by atoms with E-state index in [9.17, 15) is 8.42 Å². The summed E-state index contributed by atoms with van der Waals surface area (Å²) in [7, 11) is -3.17. The fourth-order valence-electron chi connectivity index (χ4n) is 3.53. The number of aromatic nitrogens is 2. The Bertz CT molecular complexity index is 552. The zero-order chi connectivity index (χ0) is 13.5. The minimum atomic E-state index is -3.17. The van der Waals surface area contributed by atoms with E-state index in [2.05, 4.69) is 9.82 Å². The second-order valence-corrected chi connectivity index (χ2v) is 7.77. The Kier molecular flexibility index (Phi) is 3.39. The van der Waals surface area contributed by atoms with Crippen LogP contribution in [0.2, 0.25) is 0 Å². The van der Waals surface area contributed by atoms with E-state index in [1.165, 1.54) is 6.42 Å². The zero-order valence-corrected chi connectivity index (χ0v) is 12.1. The number of sulfonamides is 1. The van der Waals surface area contributed by atoms with Gasteiger partial charge in [-0.1, -0.05) is 6.42 Å². The Morgan fingerprint density at radius 3 is 2.84 bits per heavy atom. The number of hydrogen-bond acceptors (Lipinski definition) is 3. The van der Waals surface area contributed by atoms with Gasteiger partial charge in [-0.05, 0) is 38.0 Å². The maximum atomic E-state index is 12.3. The molecule has 0 amide bonds. The van der Waals surface area contributed by atoms with Crippen LogP contribution >= 0.6 is 0 Å². The number of fused-ring (bicyclic) bond motifs is 2. The summed E-state index contributed by atoms with van der Waals surface area (Å²) in [5, 5.41) is 3.99. The molecule has 0 saturated heterocycles. The third-order valence-electron chi connectivity index (χ3n) is 4.56. The molecule has 0 aromatic carbocycles. The molecule has 5 nitrogen and oxygen atoms in total. The lowest BCUT2D eigenvalue weighted by Gasteiger charge is -2.21. The van der Waals surface area contributed by atoms with E-state index in [1.807, 2.05) is 13.1 Å². The molecule has 2 aliphatic carbocycles. The van der Waals surface area contributed by atoms with Gasteiger partial charge in [-0.15, -0.1) is 0 Å².